The van der Waals surface area contributed by atoms with Crippen molar-refractivity contribution < 1.29 is 94.7 Å². The number of aromatic nitrogens is 12. The van der Waals surface area contributed by atoms with Gasteiger partial charge in [0.05, 0.1) is 42.8 Å². The van der Waals surface area contributed by atoms with Crippen molar-refractivity contribution in [2.75, 3.05) is 21.3 Å². The minimum Gasteiger partial charge on any atom is -0.319 e. The Morgan fingerprint density at radius 1 is 0.426 bits per heavy atom. The van der Waals surface area contributed by atoms with E-state index in [4.69, 9.17) is 109 Å². The van der Waals surface area contributed by atoms with Gasteiger partial charge in [0.25, 0.3) is 23.6 Å². The van der Waals surface area contributed by atoms with Gasteiger partial charge in [-0.1, -0.05) is 93.9 Å². The summed E-state index contributed by atoms with van der Waals surface area (Å²) >= 11 is 41.9. The minimum atomic E-state index is -4.74. The summed E-state index contributed by atoms with van der Waals surface area (Å²) in [5, 5.41) is 41.2. The van der Waals surface area contributed by atoms with Gasteiger partial charge in [0.15, 0.2) is 68.2 Å². The first-order chi connectivity index (χ1) is 43.4. The Hall–Kier alpha value is -5.54. The highest BCUT2D eigenvalue weighted by Gasteiger charge is 2.28. The van der Waals surface area contributed by atoms with Crippen LogP contribution in [0, 0.1) is 27.7 Å². The lowest BCUT2D eigenvalue weighted by Crippen LogP contribution is -2.16. The Morgan fingerprint density at radius 3 is 1.04 bits per heavy atom. The second-order valence-electron chi connectivity index (χ2n) is 18.4. The first kappa shape index (κ1) is 79.2. The molecule has 12 N–H and O–H groups in total. The maximum Gasteiger partial charge on any atom is 0.471 e. The quantitative estimate of drug-likeness (QED) is 0.0315. The lowest BCUT2D eigenvalue weighted by molar-refractivity contribution is 0.0750. The molecule has 4 aromatic carbocycles. The lowest BCUT2D eigenvalue weighted by atomic mass is 10.2. The fourth-order valence-corrected chi connectivity index (χ4v) is 10.5. The van der Waals surface area contributed by atoms with E-state index in [1.54, 1.807) is 72.8 Å². The van der Waals surface area contributed by atoms with Gasteiger partial charge >= 0.3 is 31.3 Å². The second-order valence-corrected chi connectivity index (χ2v) is 27.1. The van der Waals surface area contributed by atoms with Crippen molar-refractivity contribution in [2.45, 2.75) is 67.5 Å². The van der Waals surface area contributed by atoms with E-state index in [1.807, 2.05) is 27.7 Å². The molecule has 2 atom stereocenters. The van der Waals surface area contributed by atoms with E-state index in [2.05, 4.69) is 112 Å². The average molecular weight is 1640 g/mol. The first-order valence-electron chi connectivity index (χ1n) is 25.1. The number of carbonyl (C=O) groups is 4. The Labute approximate surface area is 576 Å². The molecule has 8 rings (SSSR count). The van der Waals surface area contributed by atoms with Gasteiger partial charge in [0.2, 0.25) is 0 Å². The number of phosphoric acid groups is 4. The molecule has 0 radical (unpaired) electrons. The number of amides is 4. The summed E-state index contributed by atoms with van der Waals surface area (Å²) in [6.45, 7) is 8.76. The summed E-state index contributed by atoms with van der Waals surface area (Å²) < 4.78 is 60.4. The van der Waals surface area contributed by atoms with E-state index < -0.39 is 80.8 Å². The van der Waals surface area contributed by atoms with Crippen LogP contribution < -0.4 is 21.3 Å². The third kappa shape index (κ3) is 25.8. The largest absolute Gasteiger partial charge is 0.471 e. The molecule has 4 heterocycles. The molecule has 0 aliphatic rings. The Kier molecular flexibility index (Phi) is 28.7. The van der Waals surface area contributed by atoms with Crippen LogP contribution in [0.2, 0.25) is 30.4 Å². The molecule has 0 aliphatic heterocycles. The van der Waals surface area contributed by atoms with Crippen molar-refractivity contribution in [1.82, 2.24) is 60.0 Å². The van der Waals surface area contributed by atoms with Crippen LogP contribution >= 0.6 is 133 Å². The van der Waals surface area contributed by atoms with Crippen LogP contribution in [-0.2, 0) is 49.8 Å². The number of rotatable bonds is 20. The molecular formula is C46H48Br2Cl6N16O20P4. The number of nitrogens with zero attached hydrogens (tertiary/aromatic N) is 12. The first-order valence-corrected chi connectivity index (χ1v) is 35.1. The van der Waals surface area contributed by atoms with Gasteiger partial charge in [0, 0.05) is 0 Å². The van der Waals surface area contributed by atoms with Gasteiger partial charge in [0.1, 0.15) is 0 Å². The summed E-state index contributed by atoms with van der Waals surface area (Å²) in [6, 6.07) is 20.3. The van der Waals surface area contributed by atoms with Crippen LogP contribution in [0.5, 0.6) is 0 Å². The fourth-order valence-electron chi connectivity index (χ4n) is 6.61. The van der Waals surface area contributed by atoms with Crippen molar-refractivity contribution >= 4 is 179 Å². The van der Waals surface area contributed by atoms with E-state index >= 15 is 0 Å². The molecule has 0 saturated heterocycles. The van der Waals surface area contributed by atoms with Gasteiger partial charge < -0.3 is 60.4 Å². The van der Waals surface area contributed by atoms with Gasteiger partial charge in [-0.3, -0.25) is 37.3 Å². The molecule has 0 saturated carbocycles. The van der Waals surface area contributed by atoms with Crippen LogP contribution in [0.25, 0.3) is 0 Å². The molecule has 0 fully saturated rings. The normalized spacial score (nSPS) is 12.2. The summed E-state index contributed by atoms with van der Waals surface area (Å²) in [6.07, 6.45) is -2.40. The third-order valence-corrected chi connectivity index (χ3v) is 15.6. The van der Waals surface area contributed by atoms with Crippen LogP contribution in [0.1, 0.15) is 90.5 Å². The molecule has 8 aromatic rings. The van der Waals surface area contributed by atoms with Crippen molar-refractivity contribution in [3.05, 3.63) is 157 Å². The highest BCUT2D eigenvalue weighted by atomic mass is 79.9. The predicted molar refractivity (Wildman–Crippen MR) is 344 cm³/mol. The van der Waals surface area contributed by atoms with E-state index in [-0.39, 0.29) is 42.3 Å². The Bertz CT molecular complexity index is 4030. The zero-order chi connectivity index (χ0) is 70.5. The maximum absolute atomic E-state index is 12.3. The van der Waals surface area contributed by atoms with E-state index in [1.165, 1.54) is 13.8 Å². The SMILES string of the molecule is Cc1ccc(NC(=O)c2nn(C(C)OP(=O)(O)O)nc2Br)c(Cl)c1.Cc1ccc(NC(=O)c2nn(C(C)OP(=O)(O)O)nc2Cl)c(Cl)c1.Cc1ccc(NC(=O)c2nn(COP(=O)(O)O)nc2Br)c(Cl)c1.Cc1ccc(NC(=O)c2nn(COP(=O)(O)O)nc2Cl)c(Cl)c1. The second kappa shape index (κ2) is 34.1. The smallest absolute Gasteiger partial charge is 0.319 e. The molecule has 94 heavy (non-hydrogen) atoms. The molecule has 0 bridgehead atoms. The number of hydrogen-bond donors (Lipinski definition) is 12. The van der Waals surface area contributed by atoms with Gasteiger partial charge in [-0.2, -0.15) is 19.2 Å². The number of hydrogen-bond acceptors (Lipinski definition) is 20. The maximum atomic E-state index is 12.3. The van der Waals surface area contributed by atoms with Gasteiger partial charge in [-0.15, -0.1) is 40.8 Å². The third-order valence-electron chi connectivity index (χ3n) is 10.7. The molecule has 2 unspecified atom stereocenters. The molecule has 0 spiro atoms. The highest BCUT2D eigenvalue weighted by molar-refractivity contribution is 9.10. The zero-order valence-corrected chi connectivity index (χ0v) is 59.4. The number of anilines is 4. The number of phosphoric ester groups is 4. The van der Waals surface area contributed by atoms with Crippen LogP contribution in [0.3, 0.4) is 0 Å². The molecular weight excluding hydrogens is 1590 g/mol. The summed E-state index contributed by atoms with van der Waals surface area (Å²) in [5.74, 6) is -2.55. The van der Waals surface area contributed by atoms with Crippen molar-refractivity contribution in [1.29, 1.82) is 0 Å². The molecule has 0 aliphatic carbocycles. The fraction of sp³-hybridized carbons (Fsp3) is 0.217. The van der Waals surface area contributed by atoms with Crippen molar-refractivity contribution in [2.24, 2.45) is 0 Å². The topological polar surface area (TPSA) is 506 Å². The summed E-state index contributed by atoms with van der Waals surface area (Å²) in [5.41, 5.74) is 4.58. The summed E-state index contributed by atoms with van der Waals surface area (Å²) in [4.78, 5) is 122. The average Bonchev–Trinajstić information content (AvgIpc) is 1.71. The standard InChI is InChI=1S/C12H13BrClN4O5P.C12H13Cl2N4O5P.C11H11BrClN4O5P.C11H11Cl2N4O5P/c1-6-3-4-9(8(14)5-6)15-12(19)10-11(13)17-18(16-10)7(2)23-24(20,21)22;1-6-3-4-9(8(13)5-6)15-12(19)10-11(14)17-18(16-10)7(2)23-24(20,21)22;1-6-2-3-8(7(13)4-6)14-11(18)9-10(12)16-17(15-9)5-22-23(19,20)21;1-6-2-3-8(7(12)4-6)14-11(18)9-10(13)16-17(15-9)5-22-23(19,20)21/h2*3-5,7H,1-2H3,(H,15,19)(H2,20,21,22);2*2-4H,5H2,1H3,(H,14,18)(H2,19,20,21). The molecule has 508 valence electrons. The number of aryl methyl sites for hydroxylation is 4. The molecule has 36 nitrogen and oxygen atoms in total. The number of carbonyl (C=O) groups excluding carboxylic acids is 4. The number of benzene rings is 4. The van der Waals surface area contributed by atoms with Crippen LogP contribution in [0.4, 0.5) is 22.7 Å². The van der Waals surface area contributed by atoms with E-state index in [0.717, 1.165) is 41.4 Å². The van der Waals surface area contributed by atoms with Crippen molar-refractivity contribution in [3.8, 4) is 0 Å². The van der Waals surface area contributed by atoms with E-state index in [9.17, 15) is 37.4 Å². The van der Waals surface area contributed by atoms with Crippen molar-refractivity contribution in [3.63, 3.8) is 0 Å². The zero-order valence-electron chi connectivity index (χ0n) is 48.2. The van der Waals surface area contributed by atoms with Gasteiger partial charge in [-0.05, 0) is 144 Å². The predicted octanol–water partition coefficient (Wildman–Crippen LogP) is 10.2. The van der Waals surface area contributed by atoms with E-state index in [0.29, 0.717) is 42.8 Å². The monoisotopic (exact) mass is 1640 g/mol. The lowest BCUT2D eigenvalue weighted by Gasteiger charge is -2.12. The minimum absolute atomic E-state index is 0.0871. The van der Waals surface area contributed by atoms with Crippen LogP contribution in [0.15, 0.2) is 82.0 Å². The Balaban J connectivity index is 0.000000227. The van der Waals surface area contributed by atoms with Crippen LogP contribution in [-0.4, -0.2) is 123 Å². The molecule has 4 aromatic heterocycles. The molecule has 48 heteroatoms. The number of nitrogens with one attached hydrogen (secondary N) is 4. The number of halogens is 8. The molecule has 4 amide bonds. The summed E-state index contributed by atoms with van der Waals surface area (Å²) in [7, 11) is -18.8. The van der Waals surface area contributed by atoms with Gasteiger partial charge in [-0.25, -0.2) is 18.3 Å². The highest BCUT2D eigenvalue weighted by Crippen LogP contribution is 2.42. The Morgan fingerprint density at radius 2 is 0.702 bits per heavy atom.